The molecule has 0 spiro atoms. The van der Waals surface area contributed by atoms with Gasteiger partial charge in [0, 0.05) is 42.5 Å². The number of hydrogen-bond donors (Lipinski definition) is 1. The maximum Gasteiger partial charge on any atom is 0.228 e. The second-order valence-electron chi connectivity index (χ2n) is 10.4. The highest BCUT2D eigenvalue weighted by Gasteiger charge is 2.26. The number of imidazole rings is 1. The quantitative estimate of drug-likeness (QED) is 0.220. The van der Waals surface area contributed by atoms with Crippen molar-refractivity contribution < 1.29 is 9.18 Å². The number of nitrogens with zero attached hydrogens (tertiary/aromatic N) is 3. The van der Waals surface area contributed by atoms with Crippen molar-refractivity contribution in [2.45, 2.75) is 62.9 Å². The van der Waals surface area contributed by atoms with Gasteiger partial charge >= 0.3 is 0 Å². The highest BCUT2D eigenvalue weighted by molar-refractivity contribution is 8.13. The lowest BCUT2D eigenvalue weighted by molar-refractivity contribution is -0.119. The predicted molar refractivity (Wildman–Crippen MR) is 163 cm³/mol. The molecule has 5 nitrogen and oxygen atoms in total. The van der Waals surface area contributed by atoms with Crippen LogP contribution in [0.3, 0.4) is 0 Å². The van der Waals surface area contributed by atoms with Gasteiger partial charge in [-0.05, 0) is 84.5 Å². The molecule has 0 radical (unpaired) electrons. The van der Waals surface area contributed by atoms with E-state index in [0.717, 1.165) is 41.2 Å². The summed E-state index contributed by atoms with van der Waals surface area (Å²) in [5.41, 5.74) is 4.55. The first-order chi connectivity index (χ1) is 19.4. The summed E-state index contributed by atoms with van der Waals surface area (Å²) in [7, 11) is 1.55. The molecule has 40 heavy (non-hydrogen) atoms. The van der Waals surface area contributed by atoms with Crippen LogP contribution in [0, 0.1) is 5.82 Å². The molecule has 1 aliphatic carbocycles. The molecule has 0 saturated heterocycles. The summed E-state index contributed by atoms with van der Waals surface area (Å²) in [4.78, 5) is 21.2. The van der Waals surface area contributed by atoms with E-state index >= 15 is 0 Å². The van der Waals surface area contributed by atoms with Crippen LogP contribution in [0.15, 0.2) is 90.1 Å². The number of carbonyl (C=O) groups is 1. The van der Waals surface area contributed by atoms with Crippen LogP contribution in [0.5, 0.6) is 0 Å². The second kappa shape index (κ2) is 12.7. The highest BCUT2D eigenvalue weighted by Crippen LogP contribution is 2.37. The van der Waals surface area contributed by atoms with Gasteiger partial charge in [0.05, 0.1) is 6.54 Å². The third kappa shape index (κ3) is 6.43. The molecule has 0 aliphatic heterocycles. The molecule has 4 aromatic rings. The lowest BCUT2D eigenvalue weighted by Gasteiger charge is -2.31. The number of carbonyl (C=O) groups excluding carboxylic acids is 1. The van der Waals surface area contributed by atoms with Gasteiger partial charge in [-0.3, -0.25) is 9.52 Å². The van der Waals surface area contributed by atoms with Crippen LogP contribution in [0.2, 0.25) is 0 Å². The van der Waals surface area contributed by atoms with Crippen molar-refractivity contribution in [3.63, 3.8) is 0 Å². The maximum absolute atomic E-state index is 14.0. The lowest BCUT2D eigenvalue weighted by atomic mass is 9.87. The first-order valence-corrected chi connectivity index (χ1v) is 15.2. The number of aromatic nitrogens is 2. The lowest BCUT2D eigenvalue weighted by Crippen LogP contribution is -2.33. The van der Waals surface area contributed by atoms with Gasteiger partial charge in [-0.1, -0.05) is 60.1 Å². The summed E-state index contributed by atoms with van der Waals surface area (Å²) < 4.78 is 19.8. The van der Waals surface area contributed by atoms with Crippen LogP contribution in [0.25, 0.3) is 0 Å². The van der Waals surface area contributed by atoms with E-state index in [-0.39, 0.29) is 23.7 Å². The number of fused-ring (bicyclic) bond motifs is 1. The van der Waals surface area contributed by atoms with Crippen molar-refractivity contribution in [2.75, 3.05) is 4.90 Å². The monoisotopic (exact) mass is 556 g/mol. The van der Waals surface area contributed by atoms with E-state index in [4.69, 9.17) is 0 Å². The SMILES string of the molecule is C/C=S(/N[C@H]1CCCc2ccc(N(Cc3nccn3C)C(=O)C[C@@H](C)c3ccccc3)cc21)c1cccc(F)c1. The van der Waals surface area contributed by atoms with Gasteiger partial charge < -0.3 is 9.47 Å². The molecule has 1 amide bonds. The van der Waals surface area contributed by atoms with E-state index in [1.54, 1.807) is 18.3 Å². The molecule has 1 N–H and O–H groups in total. The summed E-state index contributed by atoms with van der Waals surface area (Å²) in [6, 6.07) is 23.6. The molecule has 0 saturated carbocycles. The van der Waals surface area contributed by atoms with Gasteiger partial charge in [-0.15, -0.1) is 0 Å². The minimum absolute atomic E-state index is 0.0704. The summed E-state index contributed by atoms with van der Waals surface area (Å²) in [5.74, 6) is 0.776. The standard InChI is InChI=1S/C33H37FN4OS/c1-4-40(29-14-9-13-27(34)21-29)36-31-15-8-12-26-16-17-28(22-30(26)31)38(23-32-35-18-19-37(32)3)33(39)20-24(2)25-10-6-5-7-11-25/h4-7,9-11,13-14,16-19,21-22,24,31,36H,8,12,15,20,23H2,1-3H3/t24-,31+,40?/m1/s1. The Morgan fingerprint density at radius 1 is 1.18 bits per heavy atom. The van der Waals surface area contributed by atoms with Crippen LogP contribution in [-0.2, 0) is 24.8 Å². The Morgan fingerprint density at radius 2 is 2.00 bits per heavy atom. The van der Waals surface area contributed by atoms with E-state index in [0.29, 0.717) is 13.0 Å². The zero-order valence-electron chi connectivity index (χ0n) is 23.4. The van der Waals surface area contributed by atoms with E-state index in [1.807, 2.05) is 53.9 Å². The third-order valence-electron chi connectivity index (χ3n) is 7.68. The minimum Gasteiger partial charge on any atom is -0.337 e. The summed E-state index contributed by atoms with van der Waals surface area (Å²) >= 11 is 0. The van der Waals surface area contributed by atoms with Crippen molar-refractivity contribution >= 4 is 27.6 Å². The third-order valence-corrected chi connectivity index (χ3v) is 9.45. The Labute approximate surface area is 239 Å². The Hall–Kier alpha value is -3.55. The number of halogens is 1. The Balaban J connectivity index is 1.45. The normalized spacial score (nSPS) is 16.4. The average Bonchev–Trinajstić information content (AvgIpc) is 3.38. The Morgan fingerprint density at radius 3 is 2.73 bits per heavy atom. The Kier molecular flexibility index (Phi) is 8.92. The Bertz CT molecular complexity index is 1500. The smallest absolute Gasteiger partial charge is 0.228 e. The largest absolute Gasteiger partial charge is 0.337 e. The van der Waals surface area contributed by atoms with Crippen molar-refractivity contribution in [1.82, 2.24) is 14.3 Å². The number of nitrogens with one attached hydrogen (secondary N) is 1. The fourth-order valence-corrected chi connectivity index (χ4v) is 6.95. The van der Waals surface area contributed by atoms with Crippen molar-refractivity contribution in [2.24, 2.45) is 7.05 Å². The average molecular weight is 557 g/mol. The number of amides is 1. The van der Waals surface area contributed by atoms with Crippen LogP contribution >= 0.6 is 10.7 Å². The summed E-state index contributed by atoms with van der Waals surface area (Å²) in [6.07, 6.45) is 7.16. The molecule has 0 bridgehead atoms. The van der Waals surface area contributed by atoms with Gasteiger partial charge in [0.2, 0.25) is 5.91 Å². The number of hydrogen-bond acceptors (Lipinski definition) is 3. The predicted octanol–water partition coefficient (Wildman–Crippen LogP) is 7.32. The summed E-state index contributed by atoms with van der Waals surface area (Å²) in [6.45, 7) is 4.52. The second-order valence-corrected chi connectivity index (χ2v) is 12.3. The first kappa shape index (κ1) is 28.0. The van der Waals surface area contributed by atoms with E-state index in [1.165, 1.54) is 17.2 Å². The molecule has 1 aliphatic rings. The number of benzene rings is 3. The number of anilines is 1. The van der Waals surface area contributed by atoms with Gasteiger partial charge in [-0.25, -0.2) is 9.37 Å². The molecule has 0 fully saturated rings. The first-order valence-electron chi connectivity index (χ1n) is 13.9. The van der Waals surface area contributed by atoms with E-state index in [9.17, 15) is 9.18 Å². The van der Waals surface area contributed by atoms with Crippen molar-refractivity contribution in [1.29, 1.82) is 0 Å². The van der Waals surface area contributed by atoms with Crippen LogP contribution in [0.4, 0.5) is 10.1 Å². The topological polar surface area (TPSA) is 50.2 Å². The van der Waals surface area contributed by atoms with Crippen molar-refractivity contribution in [3.8, 4) is 0 Å². The highest BCUT2D eigenvalue weighted by atomic mass is 32.2. The fraction of sp³-hybridized carbons (Fsp3) is 0.303. The van der Waals surface area contributed by atoms with Gasteiger partial charge in [0.15, 0.2) is 0 Å². The molecule has 5 rings (SSSR count). The molecule has 3 atom stereocenters. The molecular weight excluding hydrogens is 519 g/mol. The molecule has 3 aromatic carbocycles. The molecule has 1 aromatic heterocycles. The molecule has 1 unspecified atom stereocenters. The van der Waals surface area contributed by atoms with Gasteiger partial charge in [0.1, 0.15) is 11.6 Å². The maximum atomic E-state index is 14.0. The van der Waals surface area contributed by atoms with E-state index < -0.39 is 10.7 Å². The van der Waals surface area contributed by atoms with Crippen molar-refractivity contribution in [3.05, 3.63) is 114 Å². The van der Waals surface area contributed by atoms with Gasteiger partial charge in [-0.2, -0.15) is 0 Å². The summed E-state index contributed by atoms with van der Waals surface area (Å²) in [5, 5.41) is 2.11. The van der Waals surface area contributed by atoms with Gasteiger partial charge in [0.25, 0.3) is 0 Å². The van der Waals surface area contributed by atoms with E-state index in [2.05, 4.69) is 52.3 Å². The van der Waals surface area contributed by atoms with Crippen LogP contribution in [0.1, 0.15) is 67.6 Å². The number of rotatable bonds is 9. The molecule has 208 valence electrons. The molecule has 1 heterocycles. The number of aryl methyl sites for hydroxylation is 2. The molecular formula is C33H37FN4OS. The zero-order valence-corrected chi connectivity index (χ0v) is 24.2. The zero-order chi connectivity index (χ0) is 28.1. The molecule has 7 heteroatoms. The minimum atomic E-state index is -0.403. The van der Waals surface area contributed by atoms with Crippen LogP contribution < -0.4 is 9.62 Å². The van der Waals surface area contributed by atoms with Crippen LogP contribution in [-0.4, -0.2) is 20.8 Å². The fourth-order valence-electron chi connectivity index (χ4n) is 5.39.